The molecule has 0 aliphatic carbocycles. The molecule has 0 aromatic heterocycles. The molecule has 22 heavy (non-hydrogen) atoms. The van der Waals surface area contributed by atoms with Gasteiger partial charge in [-0.15, -0.1) is 9.42 Å². The van der Waals surface area contributed by atoms with Gasteiger partial charge in [-0.1, -0.05) is 41.5 Å². The van der Waals surface area contributed by atoms with Crippen molar-refractivity contribution in [1.82, 2.24) is 0 Å². The Kier molecular flexibility index (Phi) is 5.13. The van der Waals surface area contributed by atoms with Crippen LogP contribution in [0, 0.1) is 0 Å². The standard InChI is InChI=1S/C17H27O4P/c1-15(2,3)12-9-11(17(7,8)21-22(19)20)10-13(14(12)18)16(4,5)6/h9-10H,1-8H3,(H-,18,19,20)/p+1. The fraction of sp³-hybridized carbons (Fsp3) is 0.647. The average molecular weight is 327 g/mol. The van der Waals surface area contributed by atoms with E-state index in [-0.39, 0.29) is 16.6 Å². The van der Waals surface area contributed by atoms with Crippen molar-refractivity contribution in [2.75, 3.05) is 0 Å². The van der Waals surface area contributed by atoms with Gasteiger partial charge >= 0.3 is 8.25 Å². The molecule has 0 saturated heterocycles. The van der Waals surface area contributed by atoms with Crippen LogP contribution in [0.15, 0.2) is 12.1 Å². The lowest BCUT2D eigenvalue weighted by Gasteiger charge is -2.30. The molecule has 0 radical (unpaired) electrons. The van der Waals surface area contributed by atoms with Gasteiger partial charge in [0.2, 0.25) is 0 Å². The molecule has 1 atom stereocenters. The topological polar surface area (TPSA) is 66.8 Å². The summed E-state index contributed by atoms with van der Waals surface area (Å²) < 4.78 is 16.3. The van der Waals surface area contributed by atoms with Crippen LogP contribution in [-0.2, 0) is 25.5 Å². The number of hydrogen-bond acceptors (Lipinski definition) is 3. The number of phenols is 1. The highest BCUT2D eigenvalue weighted by molar-refractivity contribution is 7.32. The van der Waals surface area contributed by atoms with E-state index in [1.807, 2.05) is 53.7 Å². The van der Waals surface area contributed by atoms with Crippen molar-refractivity contribution in [2.45, 2.75) is 71.8 Å². The van der Waals surface area contributed by atoms with E-state index in [0.717, 1.165) is 16.7 Å². The van der Waals surface area contributed by atoms with E-state index in [4.69, 9.17) is 9.42 Å². The van der Waals surface area contributed by atoms with Gasteiger partial charge in [0.25, 0.3) is 0 Å². The van der Waals surface area contributed by atoms with Crippen molar-refractivity contribution in [3.05, 3.63) is 28.8 Å². The Morgan fingerprint density at radius 1 is 0.909 bits per heavy atom. The molecule has 0 saturated carbocycles. The second kappa shape index (κ2) is 5.92. The van der Waals surface area contributed by atoms with Crippen LogP contribution >= 0.6 is 8.25 Å². The summed E-state index contributed by atoms with van der Waals surface area (Å²) in [5, 5.41) is 10.7. The molecule has 0 amide bonds. The van der Waals surface area contributed by atoms with Crippen LogP contribution in [0.25, 0.3) is 0 Å². The maximum Gasteiger partial charge on any atom is 0.695 e. The predicted octanol–water partition coefficient (Wildman–Crippen LogP) is 4.89. The lowest BCUT2D eigenvalue weighted by Crippen LogP contribution is -2.23. The summed E-state index contributed by atoms with van der Waals surface area (Å²) in [5.74, 6) is 0.285. The molecule has 4 nitrogen and oxygen atoms in total. The molecule has 0 aliphatic rings. The van der Waals surface area contributed by atoms with Crippen LogP contribution in [-0.4, -0.2) is 10.00 Å². The van der Waals surface area contributed by atoms with Gasteiger partial charge in [0.1, 0.15) is 11.4 Å². The molecule has 2 N–H and O–H groups in total. The third-order valence-electron chi connectivity index (χ3n) is 3.73. The van der Waals surface area contributed by atoms with Crippen molar-refractivity contribution in [3.63, 3.8) is 0 Å². The first-order chi connectivity index (χ1) is 9.66. The number of aromatic hydroxyl groups is 1. The zero-order valence-corrected chi connectivity index (χ0v) is 15.7. The van der Waals surface area contributed by atoms with Crippen molar-refractivity contribution >= 4 is 8.25 Å². The summed E-state index contributed by atoms with van der Waals surface area (Å²) >= 11 is 0. The summed E-state index contributed by atoms with van der Waals surface area (Å²) in [6.07, 6.45) is 0. The van der Waals surface area contributed by atoms with E-state index in [1.165, 1.54) is 0 Å². The minimum Gasteiger partial charge on any atom is -0.507 e. The molecule has 124 valence electrons. The molecule has 0 fully saturated rings. The third-order valence-corrected chi connectivity index (χ3v) is 4.34. The molecule has 1 aromatic carbocycles. The number of rotatable bonds is 3. The smallest absolute Gasteiger partial charge is 0.507 e. The second-order valence-electron chi connectivity index (χ2n) is 8.26. The monoisotopic (exact) mass is 327 g/mol. The SMILES string of the molecule is CC(C)(C)c1cc(C(C)(C)O[P+](=O)O)cc(C(C)(C)C)c1O. The van der Waals surface area contributed by atoms with Gasteiger partial charge < -0.3 is 5.11 Å². The van der Waals surface area contributed by atoms with Gasteiger partial charge in [0.15, 0.2) is 0 Å². The fourth-order valence-corrected chi connectivity index (χ4v) is 2.87. The molecule has 5 heteroatoms. The van der Waals surface area contributed by atoms with E-state index in [9.17, 15) is 9.67 Å². The second-order valence-corrected chi connectivity index (χ2v) is 8.92. The highest BCUT2D eigenvalue weighted by Crippen LogP contribution is 2.43. The predicted molar refractivity (Wildman–Crippen MR) is 89.4 cm³/mol. The molecule has 0 spiro atoms. The first-order valence-corrected chi connectivity index (χ1v) is 8.53. The zero-order chi connectivity index (χ0) is 17.5. The average Bonchev–Trinajstić information content (AvgIpc) is 2.23. The van der Waals surface area contributed by atoms with E-state index < -0.39 is 13.9 Å². The Balaban J connectivity index is 3.65. The Morgan fingerprint density at radius 2 is 1.27 bits per heavy atom. The molecule has 1 aromatic rings. The summed E-state index contributed by atoms with van der Waals surface area (Å²) in [6.45, 7) is 15.7. The number of hydrogen-bond donors (Lipinski definition) is 2. The van der Waals surface area contributed by atoms with E-state index in [2.05, 4.69) is 0 Å². The van der Waals surface area contributed by atoms with Gasteiger partial charge in [-0.3, -0.25) is 0 Å². The van der Waals surface area contributed by atoms with Gasteiger partial charge in [0, 0.05) is 4.57 Å². The number of benzene rings is 1. The van der Waals surface area contributed by atoms with Crippen LogP contribution in [0.4, 0.5) is 0 Å². The molecule has 1 rings (SSSR count). The first kappa shape index (κ1) is 19.1. The quantitative estimate of drug-likeness (QED) is 0.776. The Labute approximate surface area is 134 Å². The van der Waals surface area contributed by atoms with Crippen LogP contribution in [0.2, 0.25) is 0 Å². The summed E-state index contributed by atoms with van der Waals surface area (Å²) in [4.78, 5) is 9.10. The minimum atomic E-state index is -2.71. The van der Waals surface area contributed by atoms with Crippen LogP contribution in [0.3, 0.4) is 0 Å². The largest absolute Gasteiger partial charge is 0.695 e. The Bertz CT molecular complexity index is 542. The molecular weight excluding hydrogens is 299 g/mol. The van der Waals surface area contributed by atoms with E-state index in [1.54, 1.807) is 13.8 Å². The highest BCUT2D eigenvalue weighted by Gasteiger charge is 2.36. The molecule has 1 unspecified atom stereocenters. The van der Waals surface area contributed by atoms with Crippen LogP contribution in [0.5, 0.6) is 5.75 Å². The Hall–Kier alpha value is -0.960. The molecular formula is C17H28O4P+. The summed E-state index contributed by atoms with van der Waals surface area (Å²) in [6, 6.07) is 3.73. The van der Waals surface area contributed by atoms with Crippen molar-refractivity contribution in [3.8, 4) is 5.75 Å². The zero-order valence-electron chi connectivity index (χ0n) is 14.8. The maximum atomic E-state index is 11.1. The van der Waals surface area contributed by atoms with Crippen molar-refractivity contribution < 1.29 is 19.1 Å². The van der Waals surface area contributed by atoms with E-state index >= 15 is 0 Å². The Morgan fingerprint density at radius 3 is 1.55 bits per heavy atom. The summed E-state index contributed by atoms with van der Waals surface area (Å²) in [5.41, 5.74) is 0.961. The van der Waals surface area contributed by atoms with Crippen molar-refractivity contribution in [1.29, 1.82) is 0 Å². The van der Waals surface area contributed by atoms with Gasteiger partial charge in [0.05, 0.1) is 0 Å². The van der Waals surface area contributed by atoms with Gasteiger partial charge in [-0.05, 0) is 53.5 Å². The third kappa shape index (κ3) is 4.28. The van der Waals surface area contributed by atoms with E-state index in [0.29, 0.717) is 0 Å². The van der Waals surface area contributed by atoms with Crippen LogP contribution < -0.4 is 0 Å². The fourth-order valence-electron chi connectivity index (χ4n) is 2.37. The van der Waals surface area contributed by atoms with Gasteiger partial charge in [-0.2, -0.15) is 0 Å². The van der Waals surface area contributed by atoms with Crippen molar-refractivity contribution in [2.24, 2.45) is 0 Å². The molecule has 0 aliphatic heterocycles. The maximum absolute atomic E-state index is 11.1. The molecule has 0 bridgehead atoms. The van der Waals surface area contributed by atoms with Crippen LogP contribution in [0.1, 0.15) is 72.1 Å². The highest BCUT2D eigenvalue weighted by atomic mass is 31.1. The minimum absolute atomic E-state index is 0.252. The lowest BCUT2D eigenvalue weighted by atomic mass is 9.77. The lowest BCUT2D eigenvalue weighted by molar-refractivity contribution is 0.102. The first-order valence-electron chi connectivity index (χ1n) is 7.40. The normalized spacial score (nSPS) is 14.1. The molecule has 0 heterocycles. The number of phenolic OH excluding ortho intramolecular Hbond substituents is 1. The summed E-state index contributed by atoms with van der Waals surface area (Å²) in [7, 11) is -2.71. The van der Waals surface area contributed by atoms with Gasteiger partial charge in [-0.25, -0.2) is 0 Å².